The van der Waals surface area contributed by atoms with Gasteiger partial charge >= 0.3 is 0 Å². The summed E-state index contributed by atoms with van der Waals surface area (Å²) in [5, 5.41) is 3.08. The molecule has 1 fully saturated rings. The predicted octanol–water partition coefficient (Wildman–Crippen LogP) is 2.06. The van der Waals surface area contributed by atoms with Crippen molar-refractivity contribution >= 4 is 11.6 Å². The number of nitrogens with zero attached hydrogens (tertiary/aromatic N) is 3. The van der Waals surface area contributed by atoms with Crippen LogP contribution in [0.3, 0.4) is 0 Å². The molecule has 21 heavy (non-hydrogen) atoms. The van der Waals surface area contributed by atoms with Crippen LogP contribution >= 0.6 is 0 Å². The molecule has 0 saturated carbocycles. The lowest BCUT2D eigenvalue weighted by molar-refractivity contribution is -0.133. The third-order valence-electron chi connectivity index (χ3n) is 3.31. The van der Waals surface area contributed by atoms with Crippen LogP contribution in [0.2, 0.25) is 0 Å². The standard InChI is InChI=1S/C15H26N4O2/c1-14(2)9-19(10-15(3,4)21-14)13-7-11(16-5)17-12(18-13)8-20-6/h7H,8-10H2,1-6H3,(H,16,17,18). The molecule has 1 N–H and O–H groups in total. The molecule has 6 heteroatoms. The summed E-state index contributed by atoms with van der Waals surface area (Å²) in [5.41, 5.74) is -0.429. The summed E-state index contributed by atoms with van der Waals surface area (Å²) >= 11 is 0. The lowest BCUT2D eigenvalue weighted by atomic mass is 9.99. The van der Waals surface area contributed by atoms with E-state index in [1.54, 1.807) is 7.11 Å². The first-order chi connectivity index (χ1) is 9.74. The minimum absolute atomic E-state index is 0.214. The highest BCUT2D eigenvalue weighted by molar-refractivity contribution is 5.50. The number of ether oxygens (including phenoxy) is 2. The summed E-state index contributed by atoms with van der Waals surface area (Å²) in [4.78, 5) is 11.3. The molecule has 1 aliphatic rings. The molecule has 2 rings (SSSR count). The second-order valence-electron chi connectivity index (χ2n) is 6.69. The van der Waals surface area contributed by atoms with Crippen molar-refractivity contribution in [2.75, 3.05) is 37.5 Å². The molecular weight excluding hydrogens is 268 g/mol. The Bertz CT molecular complexity index is 486. The van der Waals surface area contributed by atoms with Crippen molar-refractivity contribution in [1.29, 1.82) is 0 Å². The number of morpholine rings is 1. The van der Waals surface area contributed by atoms with E-state index in [4.69, 9.17) is 9.47 Å². The van der Waals surface area contributed by atoms with Crippen molar-refractivity contribution < 1.29 is 9.47 Å². The number of rotatable bonds is 4. The van der Waals surface area contributed by atoms with Gasteiger partial charge in [0.05, 0.1) is 11.2 Å². The summed E-state index contributed by atoms with van der Waals surface area (Å²) in [7, 11) is 3.51. The first kappa shape index (κ1) is 16.0. The Morgan fingerprint density at radius 2 is 1.86 bits per heavy atom. The molecular formula is C15H26N4O2. The van der Waals surface area contributed by atoms with E-state index >= 15 is 0 Å². The Labute approximate surface area is 126 Å². The van der Waals surface area contributed by atoms with Crippen LogP contribution in [0, 0.1) is 0 Å². The van der Waals surface area contributed by atoms with E-state index in [9.17, 15) is 0 Å². The van der Waals surface area contributed by atoms with Gasteiger partial charge in [-0.2, -0.15) is 0 Å². The summed E-state index contributed by atoms with van der Waals surface area (Å²) in [5.74, 6) is 2.39. The lowest BCUT2D eigenvalue weighted by Crippen LogP contribution is -2.57. The third-order valence-corrected chi connectivity index (χ3v) is 3.31. The topological polar surface area (TPSA) is 59.5 Å². The van der Waals surface area contributed by atoms with Crippen molar-refractivity contribution in [2.24, 2.45) is 0 Å². The smallest absolute Gasteiger partial charge is 0.158 e. The molecule has 1 aromatic heterocycles. The van der Waals surface area contributed by atoms with E-state index in [0.717, 1.165) is 24.7 Å². The van der Waals surface area contributed by atoms with Crippen LogP contribution in [-0.2, 0) is 16.1 Å². The number of hydrogen-bond donors (Lipinski definition) is 1. The minimum atomic E-state index is -0.214. The molecule has 0 unspecified atom stereocenters. The summed E-state index contributed by atoms with van der Waals surface area (Å²) < 4.78 is 11.3. The van der Waals surface area contributed by atoms with Gasteiger partial charge in [0.15, 0.2) is 5.82 Å². The third kappa shape index (κ3) is 4.04. The summed E-state index contributed by atoms with van der Waals surface area (Å²) in [6.45, 7) is 10.4. The molecule has 0 amide bonds. The highest BCUT2D eigenvalue weighted by Crippen LogP contribution is 2.31. The second-order valence-corrected chi connectivity index (χ2v) is 6.69. The fourth-order valence-corrected chi connectivity index (χ4v) is 2.92. The van der Waals surface area contributed by atoms with Gasteiger partial charge in [0.25, 0.3) is 0 Å². The maximum atomic E-state index is 6.12. The fourth-order valence-electron chi connectivity index (χ4n) is 2.92. The van der Waals surface area contributed by atoms with Crippen LogP contribution in [0.25, 0.3) is 0 Å². The van der Waals surface area contributed by atoms with Gasteiger partial charge in [-0.1, -0.05) is 0 Å². The van der Waals surface area contributed by atoms with Crippen molar-refractivity contribution in [2.45, 2.75) is 45.5 Å². The monoisotopic (exact) mass is 294 g/mol. The quantitative estimate of drug-likeness (QED) is 0.917. The van der Waals surface area contributed by atoms with E-state index in [2.05, 4.69) is 47.9 Å². The number of hydrogen-bond acceptors (Lipinski definition) is 6. The Morgan fingerprint density at radius 1 is 1.24 bits per heavy atom. The van der Waals surface area contributed by atoms with Crippen molar-refractivity contribution in [3.8, 4) is 0 Å². The normalized spacial score (nSPS) is 20.4. The van der Waals surface area contributed by atoms with Crippen LogP contribution in [0.15, 0.2) is 6.07 Å². The highest BCUT2D eigenvalue weighted by atomic mass is 16.5. The number of methoxy groups -OCH3 is 1. The molecule has 0 radical (unpaired) electrons. The molecule has 2 heterocycles. The largest absolute Gasteiger partial charge is 0.377 e. The maximum absolute atomic E-state index is 6.12. The first-order valence-electron chi connectivity index (χ1n) is 7.24. The van der Waals surface area contributed by atoms with Gasteiger partial charge in [-0.25, -0.2) is 9.97 Å². The second kappa shape index (κ2) is 5.77. The zero-order chi connectivity index (χ0) is 15.7. The van der Waals surface area contributed by atoms with E-state index in [1.165, 1.54) is 0 Å². The van der Waals surface area contributed by atoms with E-state index in [-0.39, 0.29) is 11.2 Å². The predicted molar refractivity (Wildman–Crippen MR) is 83.7 cm³/mol. The summed E-state index contributed by atoms with van der Waals surface area (Å²) in [6, 6.07) is 1.97. The molecule has 1 saturated heterocycles. The Kier molecular flexibility index (Phi) is 4.39. The van der Waals surface area contributed by atoms with Gasteiger partial charge in [0.2, 0.25) is 0 Å². The molecule has 0 atom stereocenters. The van der Waals surface area contributed by atoms with E-state index in [1.807, 2.05) is 13.1 Å². The lowest BCUT2D eigenvalue weighted by Gasteiger charge is -2.47. The number of anilines is 2. The highest BCUT2D eigenvalue weighted by Gasteiger charge is 2.38. The molecule has 0 aromatic carbocycles. The van der Waals surface area contributed by atoms with Crippen LogP contribution < -0.4 is 10.2 Å². The Balaban J connectivity index is 2.33. The number of aromatic nitrogens is 2. The van der Waals surface area contributed by atoms with Gasteiger partial charge in [-0.3, -0.25) is 0 Å². The van der Waals surface area contributed by atoms with Crippen molar-refractivity contribution in [3.05, 3.63) is 11.9 Å². The molecule has 118 valence electrons. The SMILES string of the molecule is CNc1cc(N2CC(C)(C)OC(C)(C)C2)nc(COC)n1. The van der Waals surface area contributed by atoms with Gasteiger partial charge < -0.3 is 19.7 Å². The zero-order valence-corrected chi connectivity index (χ0v) is 13.9. The molecule has 1 aromatic rings. The average molecular weight is 294 g/mol. The molecule has 1 aliphatic heterocycles. The zero-order valence-electron chi connectivity index (χ0n) is 13.9. The van der Waals surface area contributed by atoms with Gasteiger partial charge in [-0.15, -0.1) is 0 Å². The minimum Gasteiger partial charge on any atom is -0.377 e. The molecule has 0 spiro atoms. The van der Waals surface area contributed by atoms with Crippen LogP contribution in [-0.4, -0.2) is 48.4 Å². The van der Waals surface area contributed by atoms with Crippen molar-refractivity contribution in [1.82, 2.24) is 9.97 Å². The van der Waals surface area contributed by atoms with Crippen LogP contribution in [0.5, 0.6) is 0 Å². The fraction of sp³-hybridized carbons (Fsp3) is 0.733. The molecule has 0 bridgehead atoms. The van der Waals surface area contributed by atoms with Gasteiger partial charge in [0, 0.05) is 33.3 Å². The average Bonchev–Trinajstić information content (AvgIpc) is 2.35. The van der Waals surface area contributed by atoms with Crippen molar-refractivity contribution in [3.63, 3.8) is 0 Å². The molecule has 6 nitrogen and oxygen atoms in total. The molecule has 0 aliphatic carbocycles. The van der Waals surface area contributed by atoms with Gasteiger partial charge in [-0.05, 0) is 27.7 Å². The van der Waals surface area contributed by atoms with Gasteiger partial charge in [0.1, 0.15) is 18.2 Å². The maximum Gasteiger partial charge on any atom is 0.158 e. The van der Waals surface area contributed by atoms with Crippen LogP contribution in [0.1, 0.15) is 33.5 Å². The first-order valence-corrected chi connectivity index (χ1v) is 7.24. The Hall–Kier alpha value is -1.40. The summed E-state index contributed by atoms with van der Waals surface area (Å²) in [6.07, 6.45) is 0. The number of nitrogens with one attached hydrogen (secondary N) is 1. The van der Waals surface area contributed by atoms with E-state index in [0.29, 0.717) is 12.4 Å². The van der Waals surface area contributed by atoms with Crippen LogP contribution in [0.4, 0.5) is 11.6 Å². The van der Waals surface area contributed by atoms with E-state index < -0.39 is 0 Å². The Morgan fingerprint density at radius 3 is 2.38 bits per heavy atom.